The lowest BCUT2D eigenvalue weighted by atomic mass is 10.3. The maximum Gasteiger partial charge on any atom is 0.280 e. The smallest absolute Gasteiger partial charge is 0.280 e. The molecule has 0 spiro atoms. The van der Waals surface area contributed by atoms with Crippen molar-refractivity contribution >= 4 is 16.9 Å². The van der Waals surface area contributed by atoms with E-state index in [0.717, 1.165) is 0 Å². The van der Waals surface area contributed by atoms with Crippen LogP contribution in [0.5, 0.6) is 0 Å². The Kier molecular flexibility index (Phi) is 4.80. The molecule has 0 fully saturated rings. The van der Waals surface area contributed by atoms with E-state index in [1.165, 1.54) is 0 Å². The second kappa shape index (κ2) is 6.78. The fraction of sp³-hybridized carbons (Fsp3) is 0.308. The van der Waals surface area contributed by atoms with Crippen LogP contribution < -0.4 is 10.9 Å². The van der Waals surface area contributed by atoms with E-state index in [-0.39, 0.29) is 32.1 Å². The number of H-pyrrole nitrogens is 1. The molecular weight excluding hydrogens is 262 g/mol. The minimum atomic E-state index is -0.551. The van der Waals surface area contributed by atoms with Crippen LogP contribution >= 0.6 is 0 Å². The number of hydrogen-bond acceptors (Lipinski definition) is 5. The molecule has 1 aromatic carbocycles. The van der Waals surface area contributed by atoms with Crippen LogP contribution in [0.15, 0.2) is 29.1 Å². The number of aliphatic hydroxyl groups is 1. The predicted octanol–water partition coefficient (Wildman–Crippen LogP) is -0.338. The highest BCUT2D eigenvalue weighted by Gasteiger charge is 2.12. The number of aliphatic hydroxyl groups excluding tert-OH is 1. The van der Waals surface area contributed by atoms with Crippen molar-refractivity contribution in [1.29, 1.82) is 0 Å². The zero-order valence-corrected chi connectivity index (χ0v) is 10.8. The van der Waals surface area contributed by atoms with Crippen molar-refractivity contribution in [3.8, 4) is 0 Å². The number of nitrogens with zero attached hydrogens (tertiary/aromatic N) is 1. The van der Waals surface area contributed by atoms with E-state index in [1.807, 2.05) is 0 Å². The Hall–Kier alpha value is -2.25. The number of para-hydroxylation sites is 2. The van der Waals surface area contributed by atoms with Gasteiger partial charge in [0.1, 0.15) is 0 Å². The number of amides is 1. The first-order valence-corrected chi connectivity index (χ1v) is 6.18. The third-order valence-corrected chi connectivity index (χ3v) is 2.58. The number of rotatable bonds is 6. The molecule has 0 aliphatic rings. The van der Waals surface area contributed by atoms with E-state index >= 15 is 0 Å². The summed E-state index contributed by atoms with van der Waals surface area (Å²) in [5, 5.41) is 11.1. The third kappa shape index (κ3) is 3.40. The molecule has 1 aromatic heterocycles. The fourth-order valence-electron chi connectivity index (χ4n) is 1.67. The largest absolute Gasteiger partial charge is 0.394 e. The normalized spacial score (nSPS) is 10.7. The van der Waals surface area contributed by atoms with Gasteiger partial charge in [-0.2, -0.15) is 0 Å². The van der Waals surface area contributed by atoms with Gasteiger partial charge in [0.25, 0.3) is 11.5 Å². The van der Waals surface area contributed by atoms with E-state index in [0.29, 0.717) is 11.0 Å². The highest BCUT2D eigenvalue weighted by Crippen LogP contribution is 2.05. The highest BCUT2D eigenvalue weighted by atomic mass is 16.5. The zero-order chi connectivity index (χ0) is 14.4. The number of benzene rings is 1. The first-order chi connectivity index (χ1) is 9.72. The molecule has 2 aromatic rings. The maximum absolute atomic E-state index is 11.8. The summed E-state index contributed by atoms with van der Waals surface area (Å²) >= 11 is 0. The van der Waals surface area contributed by atoms with Gasteiger partial charge in [0, 0.05) is 6.54 Å². The summed E-state index contributed by atoms with van der Waals surface area (Å²) in [6.45, 7) is 0.648. The monoisotopic (exact) mass is 277 g/mol. The van der Waals surface area contributed by atoms with Crippen LogP contribution in [0.2, 0.25) is 0 Å². The summed E-state index contributed by atoms with van der Waals surface area (Å²) in [6, 6.07) is 6.98. The third-order valence-electron chi connectivity index (χ3n) is 2.58. The van der Waals surface area contributed by atoms with Gasteiger partial charge in [-0.3, -0.25) is 9.59 Å². The van der Waals surface area contributed by atoms with Gasteiger partial charge in [-0.15, -0.1) is 0 Å². The average Bonchev–Trinajstić information content (AvgIpc) is 2.46. The van der Waals surface area contributed by atoms with Gasteiger partial charge in [0.15, 0.2) is 5.69 Å². The summed E-state index contributed by atoms with van der Waals surface area (Å²) in [7, 11) is 0. The van der Waals surface area contributed by atoms with Crippen molar-refractivity contribution in [1.82, 2.24) is 15.3 Å². The number of nitrogens with one attached hydrogen (secondary N) is 2. The number of aromatic nitrogens is 2. The number of aromatic amines is 1. The molecule has 0 saturated heterocycles. The molecule has 0 aliphatic heterocycles. The van der Waals surface area contributed by atoms with Gasteiger partial charge < -0.3 is 20.1 Å². The summed E-state index contributed by atoms with van der Waals surface area (Å²) in [4.78, 5) is 30.3. The number of hydrogen-bond donors (Lipinski definition) is 3. The molecule has 0 radical (unpaired) electrons. The quantitative estimate of drug-likeness (QED) is 0.627. The molecule has 1 heterocycles. The van der Waals surface area contributed by atoms with Gasteiger partial charge in [-0.05, 0) is 12.1 Å². The molecule has 106 valence electrons. The van der Waals surface area contributed by atoms with E-state index in [9.17, 15) is 9.59 Å². The second-order valence-electron chi connectivity index (χ2n) is 4.02. The lowest BCUT2D eigenvalue weighted by Crippen LogP contribution is -2.33. The SMILES string of the molecule is O=C(NCCOCCO)c1nc2ccccc2[nH]c1=O. The number of ether oxygens (including phenoxy) is 1. The van der Waals surface area contributed by atoms with E-state index in [1.54, 1.807) is 24.3 Å². The summed E-state index contributed by atoms with van der Waals surface area (Å²) < 4.78 is 5.00. The molecule has 2 rings (SSSR count). The maximum atomic E-state index is 11.8. The van der Waals surface area contributed by atoms with Crippen molar-refractivity contribution in [3.63, 3.8) is 0 Å². The topological polar surface area (TPSA) is 104 Å². The molecule has 7 nitrogen and oxygen atoms in total. The Balaban J connectivity index is 2.06. The zero-order valence-electron chi connectivity index (χ0n) is 10.8. The van der Waals surface area contributed by atoms with Crippen LogP contribution in [-0.4, -0.2) is 47.3 Å². The van der Waals surface area contributed by atoms with E-state index in [4.69, 9.17) is 9.84 Å². The van der Waals surface area contributed by atoms with Crippen LogP contribution in [0.1, 0.15) is 10.5 Å². The molecule has 1 amide bonds. The number of carbonyl (C=O) groups excluding carboxylic acids is 1. The first kappa shape index (κ1) is 14.2. The summed E-state index contributed by atoms with van der Waals surface area (Å²) in [5.74, 6) is -0.551. The van der Waals surface area contributed by atoms with Crippen LogP contribution in [0.3, 0.4) is 0 Å². The van der Waals surface area contributed by atoms with Crippen molar-refractivity contribution in [2.75, 3.05) is 26.4 Å². The average molecular weight is 277 g/mol. The Bertz CT molecular complexity index is 653. The van der Waals surface area contributed by atoms with Crippen molar-refractivity contribution in [2.24, 2.45) is 0 Å². The lowest BCUT2D eigenvalue weighted by Gasteiger charge is -2.05. The molecule has 3 N–H and O–H groups in total. The van der Waals surface area contributed by atoms with E-state index < -0.39 is 11.5 Å². The van der Waals surface area contributed by atoms with Gasteiger partial charge in [0.2, 0.25) is 0 Å². The standard InChI is InChI=1S/C13H15N3O4/c17-6-8-20-7-5-14-12(18)11-13(19)16-10-4-2-1-3-9(10)15-11/h1-4,17H,5-8H2,(H,14,18)(H,16,19). The number of carbonyl (C=O) groups is 1. The molecule has 20 heavy (non-hydrogen) atoms. The highest BCUT2D eigenvalue weighted by molar-refractivity contribution is 5.93. The van der Waals surface area contributed by atoms with Gasteiger partial charge in [0.05, 0.1) is 30.9 Å². The van der Waals surface area contributed by atoms with Crippen LogP contribution in [0.25, 0.3) is 11.0 Å². The Morgan fingerprint density at radius 2 is 2.15 bits per heavy atom. The molecule has 0 unspecified atom stereocenters. The fourth-order valence-corrected chi connectivity index (χ4v) is 1.67. The lowest BCUT2D eigenvalue weighted by molar-refractivity contribution is 0.0834. The Morgan fingerprint density at radius 3 is 2.95 bits per heavy atom. The Labute approximate surface area is 114 Å². The van der Waals surface area contributed by atoms with Gasteiger partial charge in [-0.1, -0.05) is 12.1 Å². The minimum absolute atomic E-state index is 0.0696. The van der Waals surface area contributed by atoms with Crippen LogP contribution in [-0.2, 0) is 4.74 Å². The minimum Gasteiger partial charge on any atom is -0.394 e. The second-order valence-corrected chi connectivity index (χ2v) is 4.02. The van der Waals surface area contributed by atoms with Crippen LogP contribution in [0, 0.1) is 0 Å². The molecule has 0 bridgehead atoms. The van der Waals surface area contributed by atoms with Crippen molar-refractivity contribution < 1.29 is 14.6 Å². The molecular formula is C13H15N3O4. The molecule has 0 saturated carbocycles. The molecule has 0 atom stereocenters. The van der Waals surface area contributed by atoms with E-state index in [2.05, 4.69) is 15.3 Å². The molecule has 0 aliphatic carbocycles. The number of fused-ring (bicyclic) bond motifs is 1. The summed E-state index contributed by atoms with van der Waals surface area (Å²) in [6.07, 6.45) is 0. The summed E-state index contributed by atoms with van der Waals surface area (Å²) in [5.41, 5.74) is 0.428. The van der Waals surface area contributed by atoms with Crippen LogP contribution in [0.4, 0.5) is 0 Å². The van der Waals surface area contributed by atoms with Crippen molar-refractivity contribution in [2.45, 2.75) is 0 Å². The Morgan fingerprint density at radius 1 is 1.35 bits per heavy atom. The molecule has 7 heteroatoms. The predicted molar refractivity (Wildman–Crippen MR) is 72.6 cm³/mol. The van der Waals surface area contributed by atoms with Gasteiger partial charge >= 0.3 is 0 Å². The first-order valence-electron chi connectivity index (χ1n) is 6.18. The van der Waals surface area contributed by atoms with Gasteiger partial charge in [-0.25, -0.2) is 4.98 Å². The van der Waals surface area contributed by atoms with Crippen molar-refractivity contribution in [3.05, 3.63) is 40.3 Å².